The zero-order valence-electron chi connectivity index (χ0n) is 36.6. The summed E-state index contributed by atoms with van der Waals surface area (Å²) < 4.78 is 5.62. The van der Waals surface area contributed by atoms with E-state index in [9.17, 15) is 0 Å². The minimum Gasteiger partial charge on any atom is -0.494 e. The highest BCUT2D eigenvalue weighted by molar-refractivity contribution is 5.83. The Balaban J connectivity index is 1.06. The first kappa shape index (κ1) is 41.4. The molecule has 8 aromatic rings. The van der Waals surface area contributed by atoms with Crippen LogP contribution in [0.1, 0.15) is 57.0 Å². The highest BCUT2D eigenvalue weighted by Gasteiger charge is 2.16. The first-order valence-electron chi connectivity index (χ1n) is 21.5. The lowest BCUT2D eigenvalue weighted by Crippen LogP contribution is -2.10. The molecule has 0 radical (unpaired) electrons. The molecule has 3 nitrogen and oxygen atoms in total. The predicted octanol–water partition coefficient (Wildman–Crippen LogP) is 16.6. The van der Waals surface area contributed by atoms with E-state index in [2.05, 4.69) is 239 Å². The lowest BCUT2D eigenvalue weighted by atomic mass is 10.0. The Hall–Kier alpha value is -7.36. The van der Waals surface area contributed by atoms with E-state index in [-0.39, 0.29) is 0 Å². The maximum atomic E-state index is 5.62. The van der Waals surface area contributed by atoms with Gasteiger partial charge in [-0.25, -0.2) is 0 Å². The van der Waals surface area contributed by atoms with Gasteiger partial charge in [0.1, 0.15) is 5.75 Å². The Bertz CT molecular complexity index is 2810. The lowest BCUT2D eigenvalue weighted by molar-refractivity contribution is 0.340. The Morgan fingerprint density at radius 2 is 0.758 bits per heavy atom. The third-order valence-corrected chi connectivity index (χ3v) is 11.5. The number of hydrogen-bond donors (Lipinski definition) is 0. The topological polar surface area (TPSA) is 15.7 Å². The summed E-state index contributed by atoms with van der Waals surface area (Å²) in [6.45, 7) is 13.5. The predicted molar refractivity (Wildman–Crippen MR) is 267 cm³/mol. The summed E-state index contributed by atoms with van der Waals surface area (Å²) in [5.74, 6) is 0.892. The number of anilines is 6. The van der Waals surface area contributed by atoms with Crippen LogP contribution in [0.3, 0.4) is 0 Å². The molecular weight excluding hydrogens is 753 g/mol. The van der Waals surface area contributed by atoms with Gasteiger partial charge in [-0.05, 0) is 177 Å². The molecule has 0 aliphatic carbocycles. The highest BCUT2D eigenvalue weighted by atomic mass is 16.5. The van der Waals surface area contributed by atoms with E-state index in [0.717, 1.165) is 51.0 Å². The van der Waals surface area contributed by atoms with Crippen LogP contribution in [0.25, 0.3) is 35.4 Å². The number of aryl methyl sites for hydroxylation is 5. The maximum absolute atomic E-state index is 5.62. The van der Waals surface area contributed by atoms with Crippen molar-refractivity contribution in [1.29, 1.82) is 0 Å². The molecule has 0 aliphatic rings. The van der Waals surface area contributed by atoms with E-state index < -0.39 is 0 Å². The summed E-state index contributed by atoms with van der Waals surface area (Å²) in [6, 6.07) is 65.6. The van der Waals surface area contributed by atoms with E-state index in [4.69, 9.17) is 4.74 Å². The van der Waals surface area contributed by atoms with Crippen molar-refractivity contribution in [1.82, 2.24) is 0 Å². The Morgan fingerprint density at radius 1 is 0.371 bits per heavy atom. The molecule has 0 atom stereocenters. The molecule has 0 unspecified atom stereocenters. The average molecular weight is 807 g/mol. The van der Waals surface area contributed by atoms with Crippen molar-refractivity contribution in [3.05, 3.63) is 232 Å². The molecule has 0 heterocycles. The van der Waals surface area contributed by atoms with Gasteiger partial charge in [0.25, 0.3) is 0 Å². The molecule has 0 aliphatic heterocycles. The van der Waals surface area contributed by atoms with Crippen LogP contribution >= 0.6 is 0 Å². The number of nitrogens with zero attached hydrogens (tertiary/aromatic N) is 2. The Labute approximate surface area is 368 Å². The molecule has 0 spiro atoms. The van der Waals surface area contributed by atoms with Crippen LogP contribution < -0.4 is 14.5 Å². The van der Waals surface area contributed by atoms with Crippen LogP contribution in [-0.2, 0) is 0 Å². The van der Waals surface area contributed by atoms with Gasteiger partial charge in [-0.2, -0.15) is 0 Å². The summed E-state index contributed by atoms with van der Waals surface area (Å²) in [7, 11) is 0. The third-order valence-electron chi connectivity index (χ3n) is 11.5. The van der Waals surface area contributed by atoms with E-state index in [0.29, 0.717) is 6.61 Å². The molecule has 0 amide bonds. The van der Waals surface area contributed by atoms with Gasteiger partial charge in [0.05, 0.1) is 6.61 Å². The fraction of sp³-hybridized carbons (Fsp3) is 0.119. The summed E-state index contributed by atoms with van der Waals surface area (Å²) in [5, 5.41) is 0. The smallest absolute Gasteiger partial charge is 0.119 e. The second kappa shape index (κ2) is 18.9. The molecular formula is C59H54N2O. The van der Waals surface area contributed by atoms with E-state index in [1.165, 1.54) is 50.1 Å². The summed E-state index contributed by atoms with van der Waals surface area (Å²) in [5.41, 5.74) is 20.0. The van der Waals surface area contributed by atoms with Gasteiger partial charge in [-0.15, -0.1) is 0 Å². The molecule has 306 valence electrons. The Morgan fingerprint density at radius 3 is 1.18 bits per heavy atom. The summed E-state index contributed by atoms with van der Waals surface area (Å²) in [6.07, 6.45) is 8.78. The fourth-order valence-electron chi connectivity index (χ4n) is 7.84. The fourth-order valence-corrected chi connectivity index (χ4v) is 7.84. The Kier molecular flexibility index (Phi) is 12.6. The van der Waals surface area contributed by atoms with Crippen molar-refractivity contribution in [2.24, 2.45) is 0 Å². The molecule has 0 N–H and O–H groups in total. The second-order valence-electron chi connectivity index (χ2n) is 16.0. The van der Waals surface area contributed by atoms with E-state index in [1.54, 1.807) is 0 Å². The molecule has 8 aromatic carbocycles. The number of hydrogen-bond acceptors (Lipinski definition) is 3. The van der Waals surface area contributed by atoms with Crippen molar-refractivity contribution < 1.29 is 4.74 Å². The minimum absolute atomic E-state index is 0.665. The van der Waals surface area contributed by atoms with Gasteiger partial charge >= 0.3 is 0 Å². The zero-order valence-corrected chi connectivity index (χ0v) is 36.6. The number of benzene rings is 8. The van der Waals surface area contributed by atoms with Crippen molar-refractivity contribution in [3.8, 4) is 16.9 Å². The first-order valence-corrected chi connectivity index (χ1v) is 21.5. The van der Waals surface area contributed by atoms with Crippen LogP contribution in [0.4, 0.5) is 34.1 Å². The SMILES string of the molecule is CCOc1ccc(/C=C/c2ccc(N(c3ccc(C)cc3)c3ccc(-c4ccc(N(c5ccc(C)cc5)c5ccc(/C=C/c6ccccc6C)c(C)c5)cc4)cc3)cc2C)cc1. The molecule has 8 rings (SSSR count). The molecule has 62 heavy (non-hydrogen) atoms. The van der Waals surface area contributed by atoms with Gasteiger partial charge in [-0.3, -0.25) is 0 Å². The van der Waals surface area contributed by atoms with Crippen LogP contribution in [0.5, 0.6) is 5.75 Å². The maximum Gasteiger partial charge on any atom is 0.119 e. The van der Waals surface area contributed by atoms with Crippen molar-refractivity contribution in [3.63, 3.8) is 0 Å². The first-order chi connectivity index (χ1) is 30.2. The van der Waals surface area contributed by atoms with Crippen LogP contribution in [0.2, 0.25) is 0 Å². The minimum atomic E-state index is 0.665. The monoisotopic (exact) mass is 806 g/mol. The normalized spacial score (nSPS) is 11.3. The summed E-state index contributed by atoms with van der Waals surface area (Å²) >= 11 is 0. The van der Waals surface area contributed by atoms with Crippen LogP contribution in [0.15, 0.2) is 182 Å². The third kappa shape index (κ3) is 9.65. The van der Waals surface area contributed by atoms with E-state index >= 15 is 0 Å². The zero-order chi connectivity index (χ0) is 43.0. The van der Waals surface area contributed by atoms with Crippen molar-refractivity contribution in [2.45, 2.75) is 41.5 Å². The van der Waals surface area contributed by atoms with Gasteiger partial charge < -0.3 is 14.5 Å². The molecule has 0 aromatic heterocycles. The average Bonchev–Trinajstić information content (AvgIpc) is 3.29. The van der Waals surface area contributed by atoms with Crippen LogP contribution in [-0.4, -0.2) is 6.61 Å². The molecule has 0 saturated carbocycles. The molecule has 3 heteroatoms. The standard InChI is InChI=1S/C59H54N2O/c1-7-62-59-38-17-47(18-39-59)16-19-49-22-36-57(40-45(49)5)60(53-28-12-42(2)13-29-53)55-32-24-51(25-33-55)52-26-34-56(35-27-52)61(54-30-14-43(3)15-31-54)58-37-23-50(46(6)41-58)21-20-48-11-9-8-10-44(48)4/h8-41H,7H2,1-6H3/b19-16+,21-20+. The van der Waals surface area contributed by atoms with Crippen molar-refractivity contribution >= 4 is 58.4 Å². The largest absolute Gasteiger partial charge is 0.494 e. The van der Waals surface area contributed by atoms with Gasteiger partial charge in [0.15, 0.2) is 0 Å². The number of ether oxygens (including phenoxy) is 1. The second-order valence-corrected chi connectivity index (χ2v) is 16.0. The van der Waals surface area contributed by atoms with Gasteiger partial charge in [-0.1, -0.05) is 132 Å². The van der Waals surface area contributed by atoms with E-state index in [1.807, 2.05) is 19.1 Å². The quantitative estimate of drug-likeness (QED) is 0.108. The van der Waals surface area contributed by atoms with Crippen molar-refractivity contribution in [2.75, 3.05) is 16.4 Å². The molecule has 0 bridgehead atoms. The molecule has 0 fully saturated rings. The number of rotatable bonds is 13. The lowest BCUT2D eigenvalue weighted by Gasteiger charge is -2.27. The van der Waals surface area contributed by atoms with Gasteiger partial charge in [0, 0.05) is 34.1 Å². The van der Waals surface area contributed by atoms with Gasteiger partial charge in [0.2, 0.25) is 0 Å². The van der Waals surface area contributed by atoms with Crippen LogP contribution in [0, 0.1) is 34.6 Å². The molecule has 0 saturated heterocycles. The summed E-state index contributed by atoms with van der Waals surface area (Å²) in [4.78, 5) is 4.68. The highest BCUT2D eigenvalue weighted by Crippen LogP contribution is 2.39.